The van der Waals surface area contributed by atoms with Crippen molar-refractivity contribution in [2.75, 3.05) is 0 Å². The molecule has 2 saturated carbocycles. The molecule has 0 amide bonds. The van der Waals surface area contributed by atoms with E-state index in [1.165, 1.54) is 44.9 Å². The quantitative estimate of drug-likeness (QED) is 0.593. The van der Waals surface area contributed by atoms with Gasteiger partial charge in [-0.25, -0.2) is 0 Å². The number of ether oxygens (including phenoxy) is 2. The van der Waals surface area contributed by atoms with Crippen LogP contribution in [0.4, 0.5) is 0 Å². The van der Waals surface area contributed by atoms with Crippen molar-refractivity contribution < 1.29 is 9.47 Å². The molecule has 0 bridgehead atoms. The van der Waals surface area contributed by atoms with Gasteiger partial charge in [-0.2, -0.15) is 0 Å². The third kappa shape index (κ3) is 1.49. The predicted octanol–water partition coefficient (Wildman–Crippen LogP) is 3.00. The zero-order chi connectivity index (χ0) is 9.43. The van der Waals surface area contributed by atoms with Crippen LogP contribution in [0.5, 0.6) is 0 Å². The van der Waals surface area contributed by atoms with E-state index in [1.807, 2.05) is 0 Å². The van der Waals surface area contributed by atoms with Gasteiger partial charge in [-0.15, -0.1) is 0 Å². The number of hydrogen-bond acceptors (Lipinski definition) is 2. The Morgan fingerprint density at radius 1 is 0.714 bits per heavy atom. The molecule has 3 rings (SSSR count). The van der Waals surface area contributed by atoms with E-state index in [9.17, 15) is 0 Å². The number of hydrogen-bond donors (Lipinski definition) is 0. The summed E-state index contributed by atoms with van der Waals surface area (Å²) in [5.74, 6) is -0.141. The first kappa shape index (κ1) is 9.17. The Balaban J connectivity index is 1.71. The molecule has 0 radical (unpaired) electrons. The minimum absolute atomic E-state index is 0.141. The Labute approximate surface area is 86.0 Å². The lowest BCUT2D eigenvalue weighted by Gasteiger charge is -2.31. The van der Waals surface area contributed by atoms with Crippen molar-refractivity contribution in [1.82, 2.24) is 0 Å². The van der Waals surface area contributed by atoms with Gasteiger partial charge in [-0.05, 0) is 25.7 Å². The predicted molar refractivity (Wildman–Crippen MR) is 54.0 cm³/mol. The van der Waals surface area contributed by atoms with Crippen molar-refractivity contribution in [3.63, 3.8) is 0 Å². The van der Waals surface area contributed by atoms with Gasteiger partial charge in [0.1, 0.15) is 0 Å². The van der Waals surface area contributed by atoms with Crippen LogP contribution in [-0.2, 0) is 9.47 Å². The first-order chi connectivity index (χ1) is 6.88. The van der Waals surface area contributed by atoms with Crippen LogP contribution in [0, 0.1) is 0 Å². The second kappa shape index (κ2) is 3.49. The summed E-state index contributed by atoms with van der Waals surface area (Å²) in [5, 5.41) is 0. The maximum Gasteiger partial charge on any atom is 0.169 e. The largest absolute Gasteiger partial charge is 0.344 e. The zero-order valence-corrected chi connectivity index (χ0v) is 8.84. The van der Waals surface area contributed by atoms with Crippen molar-refractivity contribution >= 4 is 0 Å². The fourth-order valence-electron chi connectivity index (χ4n) is 3.24. The van der Waals surface area contributed by atoms with E-state index >= 15 is 0 Å². The third-order valence-electron chi connectivity index (χ3n) is 3.99. The van der Waals surface area contributed by atoms with Crippen molar-refractivity contribution in [1.29, 1.82) is 0 Å². The van der Waals surface area contributed by atoms with Gasteiger partial charge in [0, 0.05) is 12.8 Å². The minimum atomic E-state index is -0.141. The molecule has 14 heavy (non-hydrogen) atoms. The smallest absolute Gasteiger partial charge is 0.169 e. The molecule has 3 aliphatic rings. The normalized spacial score (nSPS) is 41.1. The summed E-state index contributed by atoms with van der Waals surface area (Å²) in [5.41, 5.74) is 0. The third-order valence-corrected chi connectivity index (χ3v) is 3.99. The second-order valence-electron chi connectivity index (χ2n) is 5.07. The number of fused-ring (bicyclic) bond motifs is 1. The van der Waals surface area contributed by atoms with E-state index in [1.54, 1.807) is 0 Å². The van der Waals surface area contributed by atoms with E-state index < -0.39 is 0 Å². The summed E-state index contributed by atoms with van der Waals surface area (Å²) in [6, 6.07) is 0. The Kier molecular flexibility index (Phi) is 2.29. The van der Waals surface area contributed by atoms with Crippen molar-refractivity contribution in [2.45, 2.75) is 75.8 Å². The van der Waals surface area contributed by atoms with E-state index in [0.717, 1.165) is 12.8 Å². The standard InChI is InChI=1S/C12H20O2/c1-4-8-12(9-5-1)13-10-6-2-3-7-11(10)14-12/h10-11H,1-9H2. The molecular formula is C12H20O2. The van der Waals surface area contributed by atoms with E-state index in [2.05, 4.69) is 0 Å². The van der Waals surface area contributed by atoms with Crippen LogP contribution in [0.15, 0.2) is 0 Å². The van der Waals surface area contributed by atoms with Crippen LogP contribution < -0.4 is 0 Å². The molecule has 2 aliphatic carbocycles. The highest BCUT2D eigenvalue weighted by Crippen LogP contribution is 2.44. The lowest BCUT2D eigenvalue weighted by Crippen LogP contribution is -2.33. The highest BCUT2D eigenvalue weighted by molar-refractivity contribution is 4.90. The van der Waals surface area contributed by atoms with Gasteiger partial charge in [0.2, 0.25) is 0 Å². The molecule has 0 aromatic carbocycles. The second-order valence-corrected chi connectivity index (χ2v) is 5.07. The number of rotatable bonds is 0. The van der Waals surface area contributed by atoms with Crippen LogP contribution in [0.1, 0.15) is 57.8 Å². The van der Waals surface area contributed by atoms with Crippen LogP contribution in [0.25, 0.3) is 0 Å². The molecular weight excluding hydrogens is 176 g/mol. The van der Waals surface area contributed by atoms with Crippen molar-refractivity contribution in [3.8, 4) is 0 Å². The van der Waals surface area contributed by atoms with Crippen LogP contribution >= 0.6 is 0 Å². The lowest BCUT2D eigenvalue weighted by molar-refractivity contribution is -0.193. The lowest BCUT2D eigenvalue weighted by atomic mass is 9.94. The fraction of sp³-hybridized carbons (Fsp3) is 1.00. The monoisotopic (exact) mass is 196 g/mol. The molecule has 1 heterocycles. The summed E-state index contributed by atoms with van der Waals surface area (Å²) in [7, 11) is 0. The molecule has 0 aromatic rings. The highest BCUT2D eigenvalue weighted by Gasteiger charge is 2.48. The van der Waals surface area contributed by atoms with Gasteiger partial charge in [0.05, 0.1) is 12.2 Å². The van der Waals surface area contributed by atoms with E-state index in [-0.39, 0.29) is 5.79 Å². The maximum atomic E-state index is 6.17. The Bertz CT molecular complexity index is 192. The molecule has 2 heteroatoms. The Morgan fingerprint density at radius 3 is 1.86 bits per heavy atom. The molecule has 1 saturated heterocycles. The molecule has 0 aromatic heterocycles. The summed E-state index contributed by atoms with van der Waals surface area (Å²) in [4.78, 5) is 0. The topological polar surface area (TPSA) is 18.5 Å². The van der Waals surface area contributed by atoms with Gasteiger partial charge < -0.3 is 9.47 Å². The van der Waals surface area contributed by atoms with Gasteiger partial charge in [0.25, 0.3) is 0 Å². The highest BCUT2D eigenvalue weighted by atomic mass is 16.8. The molecule has 80 valence electrons. The van der Waals surface area contributed by atoms with E-state index in [0.29, 0.717) is 12.2 Å². The van der Waals surface area contributed by atoms with Crippen LogP contribution in [-0.4, -0.2) is 18.0 Å². The van der Waals surface area contributed by atoms with E-state index in [4.69, 9.17) is 9.47 Å². The minimum Gasteiger partial charge on any atom is -0.344 e. The van der Waals surface area contributed by atoms with Crippen LogP contribution in [0.2, 0.25) is 0 Å². The molecule has 1 spiro atoms. The fourth-order valence-corrected chi connectivity index (χ4v) is 3.24. The molecule has 2 atom stereocenters. The maximum absolute atomic E-state index is 6.17. The van der Waals surface area contributed by atoms with Crippen molar-refractivity contribution in [2.24, 2.45) is 0 Å². The summed E-state index contributed by atoms with van der Waals surface area (Å²) < 4.78 is 12.3. The van der Waals surface area contributed by atoms with Gasteiger partial charge in [-0.3, -0.25) is 0 Å². The van der Waals surface area contributed by atoms with Gasteiger partial charge in [-0.1, -0.05) is 19.3 Å². The van der Waals surface area contributed by atoms with Crippen LogP contribution in [0.3, 0.4) is 0 Å². The summed E-state index contributed by atoms with van der Waals surface area (Å²) >= 11 is 0. The zero-order valence-electron chi connectivity index (χ0n) is 8.84. The molecule has 2 nitrogen and oxygen atoms in total. The molecule has 3 fully saturated rings. The summed E-state index contributed by atoms with van der Waals surface area (Å²) in [6.07, 6.45) is 12.2. The average molecular weight is 196 g/mol. The Morgan fingerprint density at radius 2 is 1.29 bits per heavy atom. The first-order valence-electron chi connectivity index (χ1n) is 6.24. The molecule has 0 N–H and O–H groups in total. The Hall–Kier alpha value is -0.0800. The SMILES string of the molecule is C1CCC2(CC1)OC1CCCCC1O2. The first-order valence-corrected chi connectivity index (χ1v) is 6.24. The van der Waals surface area contributed by atoms with Crippen molar-refractivity contribution in [3.05, 3.63) is 0 Å². The molecule has 2 unspecified atom stereocenters. The van der Waals surface area contributed by atoms with Gasteiger partial charge >= 0.3 is 0 Å². The molecule has 1 aliphatic heterocycles. The van der Waals surface area contributed by atoms with Gasteiger partial charge in [0.15, 0.2) is 5.79 Å². The summed E-state index contributed by atoms with van der Waals surface area (Å²) in [6.45, 7) is 0. The average Bonchev–Trinajstić information content (AvgIpc) is 2.56.